The zero-order valence-electron chi connectivity index (χ0n) is 36.2. The molecule has 338 valence electrons. The summed E-state index contributed by atoms with van der Waals surface area (Å²) in [5.41, 5.74) is -6.91. The maximum atomic E-state index is 15.7. The predicted molar refractivity (Wildman–Crippen MR) is 225 cm³/mol. The highest BCUT2D eigenvalue weighted by Gasteiger charge is 2.78. The SMILES string of the molecule is CC(=O)O[C@@]12CO[C@@H]1C[C@H](O)[C@@]1(C)C(=O)[C@H](OC(=O)C3CC3)C3=C(C)[C@@H](OC(=O)[C@H](O)[C@@H](NC(=O)c4ccccc4)c4ccccc4)C[C@@](O)(C(OC(=O)c4ccccc4)C12)C3(C)C. The monoisotopic (exact) mass is 879 g/mol. The first-order valence-electron chi connectivity index (χ1n) is 21.6. The average Bonchev–Trinajstić information content (AvgIpc) is 4.13. The summed E-state index contributed by atoms with van der Waals surface area (Å²) < 4.78 is 30.8. The van der Waals surface area contributed by atoms with Gasteiger partial charge < -0.3 is 44.3 Å². The Balaban J connectivity index is 1.28. The molecule has 4 fully saturated rings. The van der Waals surface area contributed by atoms with Crippen LogP contribution in [-0.2, 0) is 42.9 Å². The Labute approximate surface area is 370 Å². The van der Waals surface area contributed by atoms with Crippen molar-refractivity contribution in [2.24, 2.45) is 22.7 Å². The fraction of sp³-hybridized carbons (Fsp3) is 0.469. The summed E-state index contributed by atoms with van der Waals surface area (Å²) >= 11 is 0. The van der Waals surface area contributed by atoms with Crippen molar-refractivity contribution in [2.45, 2.75) is 114 Å². The van der Waals surface area contributed by atoms with Crippen LogP contribution in [0.4, 0.5) is 0 Å². The smallest absolute Gasteiger partial charge is 0.338 e. The Morgan fingerprint density at radius 1 is 0.844 bits per heavy atom. The molecule has 1 saturated heterocycles. The molecule has 15 nitrogen and oxygen atoms in total. The summed E-state index contributed by atoms with van der Waals surface area (Å²) in [7, 11) is 0. The Bertz CT molecular complexity index is 2370. The highest BCUT2D eigenvalue weighted by atomic mass is 16.6. The van der Waals surface area contributed by atoms with Gasteiger partial charge in [-0.3, -0.25) is 19.2 Å². The van der Waals surface area contributed by atoms with Gasteiger partial charge in [0.15, 0.2) is 23.6 Å². The number of carbonyl (C=O) groups excluding carboxylic acids is 6. The molecular weight excluding hydrogens is 827 g/mol. The van der Waals surface area contributed by atoms with E-state index in [0.29, 0.717) is 18.4 Å². The Hall–Kier alpha value is -5.74. The van der Waals surface area contributed by atoms with Crippen LogP contribution in [0.25, 0.3) is 0 Å². The van der Waals surface area contributed by atoms with Crippen molar-refractivity contribution >= 4 is 35.6 Å². The van der Waals surface area contributed by atoms with E-state index in [1.165, 1.54) is 19.1 Å². The van der Waals surface area contributed by atoms with Crippen LogP contribution in [-0.4, -0.2) is 105 Å². The fourth-order valence-corrected chi connectivity index (χ4v) is 10.5. The number of hydrogen-bond donors (Lipinski definition) is 4. The summed E-state index contributed by atoms with van der Waals surface area (Å²) in [5.74, 6) is -7.07. The van der Waals surface area contributed by atoms with Crippen molar-refractivity contribution in [3.8, 4) is 0 Å². The van der Waals surface area contributed by atoms with E-state index in [4.69, 9.17) is 23.7 Å². The van der Waals surface area contributed by atoms with Crippen molar-refractivity contribution in [3.63, 3.8) is 0 Å². The molecule has 0 aromatic heterocycles. The third-order valence-electron chi connectivity index (χ3n) is 14.3. The lowest BCUT2D eigenvalue weighted by molar-refractivity contribution is -0.346. The second-order valence-electron chi connectivity index (χ2n) is 18.5. The molecule has 3 saturated carbocycles. The molecule has 4 aliphatic carbocycles. The van der Waals surface area contributed by atoms with Crippen LogP contribution >= 0.6 is 0 Å². The van der Waals surface area contributed by atoms with E-state index in [1.54, 1.807) is 99.6 Å². The number of Topliss-reactive ketones (excluding diaryl/α,β-unsaturated/α-hetero) is 1. The number of aliphatic hydroxyl groups is 3. The molecule has 2 bridgehead atoms. The number of carbonyl (C=O) groups is 6. The molecule has 64 heavy (non-hydrogen) atoms. The van der Waals surface area contributed by atoms with Crippen molar-refractivity contribution in [1.29, 1.82) is 0 Å². The molecule has 2 unspecified atom stereocenters. The number of ether oxygens (including phenoxy) is 5. The van der Waals surface area contributed by atoms with E-state index >= 15 is 4.79 Å². The van der Waals surface area contributed by atoms with Gasteiger partial charge in [0.1, 0.15) is 23.9 Å². The summed E-state index contributed by atoms with van der Waals surface area (Å²) in [6.45, 7) is 7.03. The number of hydrogen-bond acceptors (Lipinski definition) is 14. The fourth-order valence-electron chi connectivity index (χ4n) is 10.5. The number of benzene rings is 3. The van der Waals surface area contributed by atoms with Gasteiger partial charge in [-0.2, -0.15) is 0 Å². The molecule has 8 rings (SSSR count). The lowest BCUT2D eigenvalue weighted by Crippen LogP contribution is -2.82. The highest BCUT2D eigenvalue weighted by molar-refractivity contribution is 5.96. The molecule has 0 spiro atoms. The maximum Gasteiger partial charge on any atom is 0.338 e. The first-order valence-corrected chi connectivity index (χ1v) is 21.6. The van der Waals surface area contributed by atoms with Crippen LogP contribution in [0.1, 0.15) is 92.6 Å². The Morgan fingerprint density at radius 3 is 2.00 bits per heavy atom. The van der Waals surface area contributed by atoms with Gasteiger partial charge in [-0.25, -0.2) is 9.59 Å². The molecule has 1 heterocycles. The van der Waals surface area contributed by atoms with E-state index in [9.17, 15) is 39.3 Å². The van der Waals surface area contributed by atoms with Crippen molar-refractivity contribution in [3.05, 3.63) is 119 Å². The Morgan fingerprint density at radius 2 is 1.44 bits per heavy atom. The minimum Gasteiger partial charge on any atom is -0.456 e. The minimum absolute atomic E-state index is 0.0330. The molecule has 5 aliphatic rings. The topological polar surface area (TPSA) is 221 Å². The first-order chi connectivity index (χ1) is 30.3. The van der Waals surface area contributed by atoms with E-state index < -0.39 is 119 Å². The van der Waals surface area contributed by atoms with Crippen LogP contribution in [0.5, 0.6) is 0 Å². The third kappa shape index (κ3) is 7.41. The second-order valence-corrected chi connectivity index (χ2v) is 18.5. The van der Waals surface area contributed by atoms with Crippen LogP contribution in [0.3, 0.4) is 0 Å². The highest BCUT2D eigenvalue weighted by Crippen LogP contribution is 2.64. The van der Waals surface area contributed by atoms with Gasteiger partial charge in [-0.15, -0.1) is 0 Å². The molecule has 4 N–H and O–H groups in total. The molecule has 1 amide bonds. The zero-order valence-corrected chi connectivity index (χ0v) is 36.2. The molecule has 1 aliphatic heterocycles. The number of amides is 1. The van der Waals surface area contributed by atoms with Crippen molar-refractivity contribution in [1.82, 2.24) is 5.32 Å². The summed E-state index contributed by atoms with van der Waals surface area (Å²) in [6, 6.07) is 23.1. The van der Waals surface area contributed by atoms with Crippen LogP contribution < -0.4 is 5.32 Å². The van der Waals surface area contributed by atoms with Gasteiger partial charge in [0.2, 0.25) is 0 Å². The first kappa shape index (κ1) is 44.9. The van der Waals surface area contributed by atoms with Gasteiger partial charge in [0.25, 0.3) is 5.91 Å². The van der Waals surface area contributed by atoms with E-state index in [-0.39, 0.29) is 35.3 Å². The molecule has 3 aromatic carbocycles. The lowest BCUT2D eigenvalue weighted by Gasteiger charge is -2.67. The van der Waals surface area contributed by atoms with Gasteiger partial charge in [-0.1, -0.05) is 80.6 Å². The summed E-state index contributed by atoms with van der Waals surface area (Å²) in [4.78, 5) is 84.8. The zero-order chi connectivity index (χ0) is 45.9. The van der Waals surface area contributed by atoms with Crippen molar-refractivity contribution < 1.29 is 67.8 Å². The summed E-state index contributed by atoms with van der Waals surface area (Å²) in [6.07, 6.45) is -9.40. The predicted octanol–water partition coefficient (Wildman–Crippen LogP) is 4.13. The lowest BCUT2D eigenvalue weighted by atomic mass is 9.44. The van der Waals surface area contributed by atoms with Gasteiger partial charge in [0.05, 0.1) is 41.6 Å². The standard InChI is InChI=1S/C49H53NO14/c1-26-32(61-45(58)37(53)36(28-15-9-6-10-16-28)50-42(55)29-17-11-7-12-18-29)24-49(59)41(63-44(57)30-19-13-8-14-20-30)39-47(5,33(52)23-34-48(39,25-60-34)64-27(2)51)40(54)38(35(26)46(49,3)4)62-43(56)31-21-22-31/h6-20,31-34,36-39,41,52-53,59H,21-25H2,1-5H3,(H,50,55)/t32-,33-,34+,36-,37+,38+,39?,41?,47+,48-,49+/m0/s1. The van der Waals surface area contributed by atoms with Crippen LogP contribution in [0.15, 0.2) is 102 Å². The molecule has 0 radical (unpaired) electrons. The van der Waals surface area contributed by atoms with Gasteiger partial charge in [0, 0.05) is 30.7 Å². The normalized spacial score (nSPS) is 32.4. The third-order valence-corrected chi connectivity index (χ3v) is 14.3. The van der Waals surface area contributed by atoms with Crippen LogP contribution in [0, 0.1) is 22.7 Å². The van der Waals surface area contributed by atoms with Gasteiger partial charge >= 0.3 is 23.9 Å². The molecule has 3 aromatic rings. The molecule has 11 atom stereocenters. The van der Waals surface area contributed by atoms with Crippen LogP contribution in [0.2, 0.25) is 0 Å². The Kier molecular flexibility index (Phi) is 11.7. The second kappa shape index (κ2) is 16.7. The number of aliphatic hydroxyl groups excluding tert-OH is 2. The molecule has 15 heteroatoms. The number of rotatable bonds is 11. The number of fused-ring (bicyclic) bond motifs is 5. The number of ketones is 1. The van der Waals surface area contributed by atoms with Crippen molar-refractivity contribution in [2.75, 3.05) is 6.61 Å². The largest absolute Gasteiger partial charge is 0.456 e. The number of esters is 4. The summed E-state index contributed by atoms with van der Waals surface area (Å²) in [5, 5.41) is 40.6. The quantitative estimate of drug-likeness (QED) is 0.121. The van der Waals surface area contributed by atoms with Gasteiger partial charge in [-0.05, 0) is 67.7 Å². The maximum absolute atomic E-state index is 15.7. The van der Waals surface area contributed by atoms with E-state index in [0.717, 1.165) is 6.92 Å². The molecular formula is C49H53NO14. The van der Waals surface area contributed by atoms with E-state index in [1.807, 2.05) is 0 Å². The number of nitrogens with one attached hydrogen (secondary N) is 1. The minimum atomic E-state index is -2.39. The average molecular weight is 880 g/mol. The van der Waals surface area contributed by atoms with E-state index in [2.05, 4.69) is 5.32 Å².